The van der Waals surface area contributed by atoms with Crippen LogP contribution in [-0.2, 0) is 18.3 Å². The van der Waals surface area contributed by atoms with Crippen molar-refractivity contribution in [1.29, 1.82) is 0 Å². The summed E-state index contributed by atoms with van der Waals surface area (Å²) in [5, 5.41) is 12.0. The Hall–Kier alpha value is -1.46. The summed E-state index contributed by atoms with van der Waals surface area (Å²) in [7, 11) is 1.43. The molecule has 0 bridgehead atoms. The third kappa shape index (κ3) is 2.01. The number of hydrogen-bond donors (Lipinski definition) is 1. The predicted molar refractivity (Wildman–Crippen MR) is 39.5 cm³/mol. The third-order valence-electron chi connectivity index (χ3n) is 1.65. The number of nitrogens with zero attached hydrogens (tertiary/aromatic N) is 2. The van der Waals surface area contributed by atoms with Crippen molar-refractivity contribution in [3.05, 3.63) is 17.5 Å². The number of rotatable bonds is 3. The van der Waals surface area contributed by atoms with Crippen LogP contribution in [0.5, 0.6) is 0 Å². The zero-order valence-electron chi connectivity index (χ0n) is 6.87. The van der Waals surface area contributed by atoms with E-state index in [-0.39, 0.29) is 11.3 Å². The van der Waals surface area contributed by atoms with Gasteiger partial charge in [0.1, 0.15) is 0 Å². The van der Waals surface area contributed by atoms with Gasteiger partial charge in [-0.25, -0.2) is 8.78 Å². The van der Waals surface area contributed by atoms with Gasteiger partial charge in [0, 0.05) is 7.05 Å². The van der Waals surface area contributed by atoms with Crippen LogP contribution in [0.3, 0.4) is 0 Å². The number of halogens is 2. The van der Waals surface area contributed by atoms with Crippen molar-refractivity contribution in [3.63, 3.8) is 0 Å². The molecule has 4 nitrogen and oxygen atoms in total. The second-order valence-corrected chi connectivity index (χ2v) is 2.54. The van der Waals surface area contributed by atoms with E-state index in [1.165, 1.54) is 7.05 Å². The minimum absolute atomic E-state index is 0.0440. The average molecular weight is 190 g/mol. The van der Waals surface area contributed by atoms with E-state index in [0.29, 0.717) is 0 Å². The van der Waals surface area contributed by atoms with Crippen molar-refractivity contribution in [2.75, 3.05) is 0 Å². The predicted octanol–water partition coefficient (Wildman–Crippen LogP) is 0.985. The fourth-order valence-electron chi connectivity index (χ4n) is 1.02. The number of aryl methyl sites for hydroxylation is 1. The summed E-state index contributed by atoms with van der Waals surface area (Å²) in [4.78, 5) is 10.3. The molecule has 1 heterocycles. The van der Waals surface area contributed by atoms with Crippen LogP contribution in [0.25, 0.3) is 0 Å². The molecule has 1 rings (SSSR count). The number of aliphatic carboxylic acids is 1. The molecule has 1 aromatic rings. The van der Waals surface area contributed by atoms with E-state index in [1.807, 2.05) is 0 Å². The summed E-state index contributed by atoms with van der Waals surface area (Å²) < 4.78 is 25.6. The first kappa shape index (κ1) is 9.63. The van der Waals surface area contributed by atoms with Gasteiger partial charge in [-0.3, -0.25) is 9.48 Å². The van der Waals surface area contributed by atoms with E-state index < -0.39 is 18.8 Å². The van der Waals surface area contributed by atoms with Crippen LogP contribution in [0, 0.1) is 0 Å². The van der Waals surface area contributed by atoms with Crippen LogP contribution >= 0.6 is 0 Å². The molecule has 0 aliphatic rings. The Morgan fingerprint density at radius 1 is 1.77 bits per heavy atom. The van der Waals surface area contributed by atoms with E-state index in [1.54, 1.807) is 0 Å². The highest BCUT2D eigenvalue weighted by molar-refractivity contribution is 5.70. The molecule has 1 aromatic heterocycles. The van der Waals surface area contributed by atoms with Crippen molar-refractivity contribution in [1.82, 2.24) is 9.78 Å². The van der Waals surface area contributed by atoms with Gasteiger partial charge in [-0.15, -0.1) is 0 Å². The zero-order chi connectivity index (χ0) is 10.0. The molecule has 1 N–H and O–H groups in total. The lowest BCUT2D eigenvalue weighted by molar-refractivity contribution is -0.136. The Morgan fingerprint density at radius 2 is 2.38 bits per heavy atom. The maximum atomic E-state index is 12.2. The molecule has 0 aromatic carbocycles. The quantitative estimate of drug-likeness (QED) is 0.773. The van der Waals surface area contributed by atoms with Gasteiger partial charge in [0.25, 0.3) is 6.43 Å². The Kier molecular flexibility index (Phi) is 2.60. The summed E-state index contributed by atoms with van der Waals surface area (Å²) in [6.45, 7) is 0. The highest BCUT2D eigenvalue weighted by Gasteiger charge is 2.18. The average Bonchev–Trinajstić information content (AvgIpc) is 2.32. The first-order valence-electron chi connectivity index (χ1n) is 3.53. The third-order valence-corrected chi connectivity index (χ3v) is 1.65. The van der Waals surface area contributed by atoms with Gasteiger partial charge in [-0.2, -0.15) is 5.10 Å². The van der Waals surface area contributed by atoms with Gasteiger partial charge < -0.3 is 5.11 Å². The monoisotopic (exact) mass is 190 g/mol. The lowest BCUT2D eigenvalue weighted by Gasteiger charge is -2.01. The number of aromatic nitrogens is 2. The lowest BCUT2D eigenvalue weighted by Crippen LogP contribution is -2.08. The zero-order valence-corrected chi connectivity index (χ0v) is 6.87. The van der Waals surface area contributed by atoms with Crippen molar-refractivity contribution in [3.8, 4) is 0 Å². The normalized spacial score (nSPS) is 10.8. The Morgan fingerprint density at radius 3 is 2.85 bits per heavy atom. The molecule has 0 aliphatic heterocycles. The fourth-order valence-corrected chi connectivity index (χ4v) is 1.02. The molecule has 0 atom stereocenters. The van der Waals surface area contributed by atoms with Crippen molar-refractivity contribution in [2.45, 2.75) is 12.8 Å². The molecule has 0 radical (unpaired) electrons. The molecule has 0 fully saturated rings. The second kappa shape index (κ2) is 3.51. The largest absolute Gasteiger partial charge is 0.481 e. The molecule has 6 heteroatoms. The van der Waals surface area contributed by atoms with Crippen LogP contribution in [-0.4, -0.2) is 20.9 Å². The van der Waals surface area contributed by atoms with Gasteiger partial charge >= 0.3 is 5.97 Å². The van der Waals surface area contributed by atoms with Gasteiger partial charge in [0.05, 0.1) is 23.9 Å². The SMILES string of the molecule is Cn1ncc(C(F)F)c1CC(=O)O. The molecule has 0 saturated carbocycles. The molecule has 0 saturated heterocycles. The van der Waals surface area contributed by atoms with E-state index in [2.05, 4.69) is 5.10 Å². The highest BCUT2D eigenvalue weighted by Crippen LogP contribution is 2.22. The van der Waals surface area contributed by atoms with Crippen LogP contribution in [0.2, 0.25) is 0 Å². The van der Waals surface area contributed by atoms with Gasteiger partial charge in [0.2, 0.25) is 0 Å². The van der Waals surface area contributed by atoms with Crippen LogP contribution < -0.4 is 0 Å². The molecule has 0 amide bonds. The highest BCUT2D eigenvalue weighted by atomic mass is 19.3. The molecular weight excluding hydrogens is 182 g/mol. The molecule has 0 spiro atoms. The van der Waals surface area contributed by atoms with Crippen LogP contribution in [0.15, 0.2) is 6.20 Å². The van der Waals surface area contributed by atoms with E-state index >= 15 is 0 Å². The molecule has 0 aliphatic carbocycles. The number of carbonyl (C=O) groups is 1. The second-order valence-electron chi connectivity index (χ2n) is 2.54. The van der Waals surface area contributed by atoms with Crippen molar-refractivity contribution < 1.29 is 18.7 Å². The van der Waals surface area contributed by atoms with Gasteiger partial charge in [-0.1, -0.05) is 0 Å². The van der Waals surface area contributed by atoms with Crippen molar-refractivity contribution >= 4 is 5.97 Å². The van der Waals surface area contributed by atoms with Crippen LogP contribution in [0.4, 0.5) is 8.78 Å². The summed E-state index contributed by atoms with van der Waals surface area (Å²) >= 11 is 0. The molecule has 0 unspecified atom stereocenters. The summed E-state index contributed by atoms with van der Waals surface area (Å²) in [6.07, 6.45) is -2.12. The smallest absolute Gasteiger partial charge is 0.309 e. The number of carboxylic acid groups (broad SMARTS) is 1. The summed E-state index contributed by atoms with van der Waals surface area (Å²) in [6, 6.07) is 0. The molecule has 13 heavy (non-hydrogen) atoms. The first-order chi connectivity index (χ1) is 6.02. The number of carboxylic acids is 1. The van der Waals surface area contributed by atoms with Crippen molar-refractivity contribution in [2.24, 2.45) is 7.05 Å². The fraction of sp³-hybridized carbons (Fsp3) is 0.429. The topological polar surface area (TPSA) is 55.1 Å². The number of hydrogen-bond acceptors (Lipinski definition) is 2. The maximum absolute atomic E-state index is 12.2. The standard InChI is InChI=1S/C7H8F2N2O2/c1-11-5(2-6(12)13)4(3-10-11)7(8)9/h3,7H,2H2,1H3,(H,12,13). The Balaban J connectivity index is 3.01. The lowest BCUT2D eigenvalue weighted by atomic mass is 10.2. The summed E-state index contributed by atoms with van der Waals surface area (Å²) in [5.74, 6) is -1.15. The summed E-state index contributed by atoms with van der Waals surface area (Å²) in [5.41, 5.74) is -0.271. The Bertz CT molecular complexity index is 322. The van der Waals surface area contributed by atoms with Crippen LogP contribution in [0.1, 0.15) is 17.7 Å². The van der Waals surface area contributed by atoms with E-state index in [0.717, 1.165) is 10.9 Å². The minimum atomic E-state index is -2.68. The molecular formula is C7H8F2N2O2. The molecule has 72 valence electrons. The van der Waals surface area contributed by atoms with E-state index in [9.17, 15) is 13.6 Å². The Labute approximate surface area is 72.8 Å². The van der Waals surface area contributed by atoms with E-state index in [4.69, 9.17) is 5.11 Å². The first-order valence-corrected chi connectivity index (χ1v) is 3.53. The van der Waals surface area contributed by atoms with Gasteiger partial charge in [-0.05, 0) is 0 Å². The minimum Gasteiger partial charge on any atom is -0.481 e. The maximum Gasteiger partial charge on any atom is 0.309 e. The number of alkyl halides is 2. The van der Waals surface area contributed by atoms with Gasteiger partial charge in [0.15, 0.2) is 0 Å².